The Morgan fingerprint density at radius 2 is 1.64 bits per heavy atom. The summed E-state index contributed by atoms with van der Waals surface area (Å²) >= 11 is 0. The first-order valence-corrected chi connectivity index (χ1v) is 8.69. The molecule has 0 aliphatic heterocycles. The van der Waals surface area contributed by atoms with E-state index in [2.05, 4.69) is 5.32 Å². The molecule has 28 heavy (non-hydrogen) atoms. The highest BCUT2D eigenvalue weighted by molar-refractivity contribution is 6.02. The lowest BCUT2D eigenvalue weighted by molar-refractivity contribution is -0.118. The molecule has 0 bridgehead atoms. The van der Waals surface area contributed by atoms with Crippen LogP contribution in [0.5, 0.6) is 0 Å². The van der Waals surface area contributed by atoms with E-state index in [9.17, 15) is 26.7 Å². The Kier molecular flexibility index (Phi) is 6.59. The van der Waals surface area contributed by atoms with Gasteiger partial charge in [0.15, 0.2) is 0 Å². The Morgan fingerprint density at radius 1 is 1.04 bits per heavy atom. The molecular formula is C21H20F5NO. The van der Waals surface area contributed by atoms with Crippen molar-refractivity contribution in [2.75, 3.05) is 6.54 Å². The van der Waals surface area contributed by atoms with Gasteiger partial charge in [-0.25, -0.2) is 8.78 Å². The number of hydrogen-bond donors (Lipinski definition) is 1. The van der Waals surface area contributed by atoms with Crippen molar-refractivity contribution in [2.45, 2.75) is 33.4 Å². The molecule has 0 aliphatic rings. The molecule has 0 spiro atoms. The molecule has 0 radical (unpaired) electrons. The van der Waals surface area contributed by atoms with Crippen LogP contribution in [-0.2, 0) is 4.79 Å². The summed E-state index contributed by atoms with van der Waals surface area (Å²) in [6, 6.07) is 6.86. The highest BCUT2D eigenvalue weighted by Gasteiger charge is 2.39. The summed E-state index contributed by atoms with van der Waals surface area (Å²) in [5.74, 6) is -2.26. The van der Waals surface area contributed by atoms with E-state index in [-0.39, 0.29) is 17.7 Å². The normalized spacial score (nSPS) is 12.6. The Bertz CT molecular complexity index is 898. The van der Waals surface area contributed by atoms with Crippen LogP contribution in [0.4, 0.5) is 22.0 Å². The Hall–Kier alpha value is -2.70. The number of carbonyl (C=O) groups excluding carboxylic acids is 1. The van der Waals surface area contributed by atoms with Crippen molar-refractivity contribution in [3.8, 4) is 11.1 Å². The number of carbonyl (C=O) groups is 1. The highest BCUT2D eigenvalue weighted by Crippen LogP contribution is 2.40. The van der Waals surface area contributed by atoms with E-state index >= 15 is 0 Å². The lowest BCUT2D eigenvalue weighted by Crippen LogP contribution is -2.27. The van der Waals surface area contributed by atoms with E-state index in [1.165, 1.54) is 19.1 Å². The third kappa shape index (κ3) is 4.77. The SMILES string of the molecule is CCCNC(=O)/C(C)=C(/c1cc(F)cc(-c2ccc(F)cc2)c1C)C(F)(F)F. The molecule has 2 nitrogen and oxygen atoms in total. The van der Waals surface area contributed by atoms with Gasteiger partial charge in [-0.15, -0.1) is 0 Å². The molecule has 2 aromatic rings. The Morgan fingerprint density at radius 3 is 2.18 bits per heavy atom. The summed E-state index contributed by atoms with van der Waals surface area (Å²) < 4.78 is 68.9. The van der Waals surface area contributed by atoms with Crippen LogP contribution in [0.25, 0.3) is 16.7 Å². The zero-order chi connectivity index (χ0) is 21.1. The van der Waals surface area contributed by atoms with E-state index in [1.807, 2.05) is 0 Å². The standard InChI is InChI=1S/C21H20F5NO/c1-4-9-27-20(28)13(3)19(21(24,25)26)18-11-16(23)10-17(12(18)2)14-5-7-15(22)8-6-14/h5-8,10-11H,4,9H2,1-3H3,(H,27,28)/b19-13-. The van der Waals surface area contributed by atoms with E-state index in [4.69, 9.17) is 0 Å². The fraction of sp³-hybridized carbons (Fsp3) is 0.286. The van der Waals surface area contributed by atoms with Gasteiger partial charge in [-0.3, -0.25) is 4.79 Å². The van der Waals surface area contributed by atoms with Crippen molar-refractivity contribution in [1.29, 1.82) is 0 Å². The van der Waals surface area contributed by atoms with Crippen molar-refractivity contribution >= 4 is 11.5 Å². The fourth-order valence-electron chi connectivity index (χ4n) is 2.92. The van der Waals surface area contributed by atoms with Crippen molar-refractivity contribution in [2.24, 2.45) is 0 Å². The molecule has 0 aromatic heterocycles. The molecule has 150 valence electrons. The second-order valence-corrected chi connectivity index (χ2v) is 6.39. The van der Waals surface area contributed by atoms with Crippen molar-refractivity contribution in [1.82, 2.24) is 5.32 Å². The molecule has 0 unspecified atom stereocenters. The second kappa shape index (κ2) is 8.54. The number of benzene rings is 2. The van der Waals surface area contributed by atoms with Crippen LogP contribution < -0.4 is 5.32 Å². The lowest BCUT2D eigenvalue weighted by Gasteiger charge is -2.20. The Labute approximate surface area is 160 Å². The first kappa shape index (κ1) is 21.6. The van der Waals surface area contributed by atoms with E-state index in [1.54, 1.807) is 6.92 Å². The third-order valence-corrected chi connectivity index (χ3v) is 4.33. The van der Waals surface area contributed by atoms with Gasteiger partial charge in [-0.05, 0) is 66.8 Å². The molecule has 0 saturated carbocycles. The molecule has 0 aliphatic carbocycles. The highest BCUT2D eigenvalue weighted by atomic mass is 19.4. The van der Waals surface area contributed by atoms with Crippen LogP contribution in [-0.4, -0.2) is 18.6 Å². The summed E-state index contributed by atoms with van der Waals surface area (Å²) in [7, 11) is 0. The van der Waals surface area contributed by atoms with E-state index in [0.29, 0.717) is 12.0 Å². The second-order valence-electron chi connectivity index (χ2n) is 6.39. The average molecular weight is 397 g/mol. The van der Waals surface area contributed by atoms with Crippen LogP contribution in [0.15, 0.2) is 42.0 Å². The van der Waals surface area contributed by atoms with E-state index in [0.717, 1.165) is 31.2 Å². The quantitative estimate of drug-likeness (QED) is 0.501. The predicted molar refractivity (Wildman–Crippen MR) is 98.5 cm³/mol. The summed E-state index contributed by atoms with van der Waals surface area (Å²) in [6.45, 7) is 4.48. The molecule has 1 amide bonds. The van der Waals surface area contributed by atoms with Gasteiger partial charge >= 0.3 is 6.18 Å². The molecule has 0 saturated heterocycles. The maximum atomic E-state index is 14.2. The molecule has 7 heteroatoms. The summed E-state index contributed by atoms with van der Waals surface area (Å²) in [5.41, 5.74) is -1.45. The molecule has 2 rings (SSSR count). The van der Waals surface area contributed by atoms with Gasteiger partial charge in [0.2, 0.25) is 5.91 Å². The molecule has 0 fully saturated rings. The number of alkyl halides is 3. The van der Waals surface area contributed by atoms with Crippen LogP contribution in [0.3, 0.4) is 0 Å². The number of nitrogens with one attached hydrogen (secondary N) is 1. The zero-order valence-electron chi connectivity index (χ0n) is 15.7. The minimum atomic E-state index is -4.87. The summed E-state index contributed by atoms with van der Waals surface area (Å²) in [4.78, 5) is 12.1. The van der Waals surface area contributed by atoms with Gasteiger partial charge in [-0.2, -0.15) is 13.2 Å². The van der Waals surface area contributed by atoms with Crippen LogP contribution in [0.2, 0.25) is 0 Å². The smallest absolute Gasteiger partial charge is 0.352 e. The maximum Gasteiger partial charge on any atom is 0.417 e. The minimum Gasteiger partial charge on any atom is -0.352 e. The first-order chi connectivity index (χ1) is 13.1. The molecular weight excluding hydrogens is 377 g/mol. The van der Waals surface area contributed by atoms with Gasteiger partial charge in [0.1, 0.15) is 11.6 Å². The van der Waals surface area contributed by atoms with Crippen molar-refractivity contribution in [3.63, 3.8) is 0 Å². The van der Waals surface area contributed by atoms with Gasteiger partial charge in [-0.1, -0.05) is 19.1 Å². The zero-order valence-corrected chi connectivity index (χ0v) is 15.7. The number of hydrogen-bond acceptors (Lipinski definition) is 1. The number of allylic oxidation sites excluding steroid dienone is 1. The number of halogens is 5. The van der Waals surface area contributed by atoms with Gasteiger partial charge in [0, 0.05) is 12.1 Å². The van der Waals surface area contributed by atoms with E-state index < -0.39 is 40.4 Å². The van der Waals surface area contributed by atoms with Gasteiger partial charge in [0.05, 0.1) is 5.57 Å². The largest absolute Gasteiger partial charge is 0.417 e. The summed E-state index contributed by atoms with van der Waals surface area (Å²) in [5, 5.41) is 2.41. The third-order valence-electron chi connectivity index (χ3n) is 4.33. The molecule has 0 heterocycles. The molecule has 0 atom stereocenters. The predicted octanol–water partition coefficient (Wildman–Crippen LogP) is 5.80. The number of rotatable bonds is 5. The molecule has 2 aromatic carbocycles. The molecule has 1 N–H and O–H groups in total. The van der Waals surface area contributed by atoms with Gasteiger partial charge in [0.25, 0.3) is 0 Å². The number of amides is 1. The monoisotopic (exact) mass is 397 g/mol. The average Bonchev–Trinajstić information content (AvgIpc) is 2.62. The van der Waals surface area contributed by atoms with Crippen LogP contribution >= 0.6 is 0 Å². The van der Waals surface area contributed by atoms with Crippen LogP contribution in [0, 0.1) is 18.6 Å². The maximum absolute atomic E-state index is 14.2. The van der Waals surface area contributed by atoms with Crippen molar-refractivity contribution < 1.29 is 26.7 Å². The fourth-order valence-corrected chi connectivity index (χ4v) is 2.92. The first-order valence-electron chi connectivity index (χ1n) is 8.69. The van der Waals surface area contributed by atoms with Gasteiger partial charge < -0.3 is 5.32 Å². The topological polar surface area (TPSA) is 29.1 Å². The van der Waals surface area contributed by atoms with Crippen LogP contribution in [0.1, 0.15) is 31.4 Å². The Balaban J connectivity index is 2.71. The van der Waals surface area contributed by atoms with Crippen molar-refractivity contribution in [3.05, 3.63) is 64.7 Å². The lowest BCUT2D eigenvalue weighted by atomic mass is 9.90. The minimum absolute atomic E-state index is 0.142. The summed E-state index contributed by atoms with van der Waals surface area (Å²) in [6.07, 6.45) is -4.31.